The Balaban J connectivity index is 3.21. The highest BCUT2D eigenvalue weighted by atomic mass is 16.2. The molecule has 0 aliphatic rings. The quantitative estimate of drug-likeness (QED) is 0.802. The highest BCUT2D eigenvalue weighted by Gasteiger charge is 2.34. The van der Waals surface area contributed by atoms with Gasteiger partial charge < -0.3 is 4.90 Å². The molecule has 0 aliphatic heterocycles. The van der Waals surface area contributed by atoms with Crippen LogP contribution in [0.25, 0.3) is 0 Å². The minimum Gasteiger partial charge on any atom is -0.348 e. The summed E-state index contributed by atoms with van der Waals surface area (Å²) in [4.78, 5) is 16.9. The summed E-state index contributed by atoms with van der Waals surface area (Å²) in [6.07, 6.45) is 0. The number of carbonyl (C=O) groups is 1. The molecule has 1 rings (SSSR count). The van der Waals surface area contributed by atoms with Crippen LogP contribution >= 0.6 is 0 Å². The average Bonchev–Trinajstić information content (AvgIpc) is 2.39. The van der Waals surface area contributed by atoms with Gasteiger partial charge in [-0.05, 0) is 40.2 Å². The van der Waals surface area contributed by atoms with Crippen LogP contribution in [0.5, 0.6) is 0 Å². The molecule has 0 saturated carbocycles. The molecule has 1 aromatic rings. The molecule has 1 aromatic carbocycles. The zero-order chi connectivity index (χ0) is 16.2. The van der Waals surface area contributed by atoms with Crippen molar-refractivity contribution in [2.24, 2.45) is 0 Å². The van der Waals surface area contributed by atoms with E-state index in [1.807, 2.05) is 32.3 Å². The Kier molecular flexibility index (Phi) is 6.41. The van der Waals surface area contributed by atoms with Crippen molar-refractivity contribution in [2.75, 3.05) is 14.1 Å². The van der Waals surface area contributed by atoms with E-state index in [2.05, 4.69) is 51.7 Å². The highest BCUT2D eigenvalue weighted by Crippen LogP contribution is 2.28. The van der Waals surface area contributed by atoms with E-state index < -0.39 is 0 Å². The second-order valence-electron chi connectivity index (χ2n) is 6.50. The average molecular weight is 290 g/mol. The number of carbonyl (C=O) groups excluding carboxylic acids is 1. The number of benzene rings is 1. The lowest BCUT2D eigenvalue weighted by Crippen LogP contribution is -2.49. The smallest absolute Gasteiger partial charge is 0.231 e. The van der Waals surface area contributed by atoms with Crippen LogP contribution in [0.1, 0.15) is 46.1 Å². The Bertz CT molecular complexity index is 432. The minimum absolute atomic E-state index is 0.133. The number of amides is 1. The van der Waals surface area contributed by atoms with Gasteiger partial charge in [0.2, 0.25) is 5.91 Å². The monoisotopic (exact) mass is 290 g/mol. The van der Waals surface area contributed by atoms with Gasteiger partial charge in [-0.15, -0.1) is 0 Å². The van der Waals surface area contributed by atoms with E-state index >= 15 is 0 Å². The molecule has 0 saturated heterocycles. The summed E-state index contributed by atoms with van der Waals surface area (Å²) >= 11 is 0. The molecule has 0 aliphatic carbocycles. The van der Waals surface area contributed by atoms with Crippen molar-refractivity contribution in [3.63, 3.8) is 0 Å². The van der Waals surface area contributed by atoms with E-state index in [1.54, 1.807) is 4.90 Å². The second-order valence-corrected chi connectivity index (χ2v) is 6.50. The fraction of sp³-hybridized carbons (Fsp3) is 0.611. The molecule has 2 unspecified atom stereocenters. The molecule has 0 heterocycles. The van der Waals surface area contributed by atoms with Crippen molar-refractivity contribution in [3.05, 3.63) is 35.9 Å². The van der Waals surface area contributed by atoms with Gasteiger partial charge in [-0.25, -0.2) is 0 Å². The Hall–Kier alpha value is -1.35. The first-order chi connectivity index (χ1) is 9.77. The Morgan fingerprint density at radius 1 is 0.905 bits per heavy atom. The number of nitrogens with zero attached hydrogens (tertiary/aromatic N) is 2. The Labute approximate surface area is 129 Å². The normalized spacial score (nSPS) is 14.6. The van der Waals surface area contributed by atoms with Crippen LogP contribution in [0.4, 0.5) is 0 Å². The summed E-state index contributed by atoms with van der Waals surface area (Å²) in [7, 11) is 3.67. The van der Waals surface area contributed by atoms with Gasteiger partial charge in [0.15, 0.2) is 0 Å². The van der Waals surface area contributed by atoms with Crippen LogP contribution in [0, 0.1) is 0 Å². The van der Waals surface area contributed by atoms with Crippen molar-refractivity contribution in [1.29, 1.82) is 0 Å². The molecule has 0 spiro atoms. The fourth-order valence-electron chi connectivity index (χ4n) is 3.27. The maximum Gasteiger partial charge on any atom is 0.231 e. The van der Waals surface area contributed by atoms with E-state index in [0.29, 0.717) is 12.1 Å². The first-order valence-corrected chi connectivity index (χ1v) is 7.80. The van der Waals surface area contributed by atoms with Crippen LogP contribution < -0.4 is 0 Å². The van der Waals surface area contributed by atoms with Gasteiger partial charge in [0.1, 0.15) is 0 Å². The van der Waals surface area contributed by atoms with Gasteiger partial charge in [-0.1, -0.05) is 30.3 Å². The van der Waals surface area contributed by atoms with Gasteiger partial charge in [-0.3, -0.25) is 9.69 Å². The van der Waals surface area contributed by atoms with Gasteiger partial charge in [0, 0.05) is 32.2 Å². The van der Waals surface area contributed by atoms with Crippen molar-refractivity contribution < 1.29 is 4.79 Å². The van der Waals surface area contributed by atoms with Gasteiger partial charge in [0.25, 0.3) is 0 Å². The Morgan fingerprint density at radius 2 is 1.38 bits per heavy atom. The molecule has 2 atom stereocenters. The van der Waals surface area contributed by atoms with Crippen LogP contribution in [-0.4, -0.2) is 47.9 Å². The van der Waals surface area contributed by atoms with Gasteiger partial charge in [0.05, 0.1) is 5.92 Å². The molecule has 0 N–H and O–H groups in total. The first-order valence-electron chi connectivity index (χ1n) is 7.80. The molecule has 118 valence electrons. The predicted molar refractivity (Wildman–Crippen MR) is 89.5 cm³/mol. The second kappa shape index (κ2) is 7.60. The van der Waals surface area contributed by atoms with Crippen molar-refractivity contribution in [3.8, 4) is 0 Å². The maximum absolute atomic E-state index is 12.7. The lowest BCUT2D eigenvalue weighted by Gasteiger charge is -2.40. The third-order valence-electron chi connectivity index (χ3n) is 4.01. The molecule has 3 nitrogen and oxygen atoms in total. The molecule has 0 radical (unpaired) electrons. The molecule has 0 aromatic heterocycles. The van der Waals surface area contributed by atoms with E-state index in [1.165, 1.54) is 0 Å². The van der Waals surface area contributed by atoms with Crippen molar-refractivity contribution >= 4 is 5.91 Å². The lowest BCUT2D eigenvalue weighted by molar-refractivity contribution is -0.132. The van der Waals surface area contributed by atoms with Crippen LogP contribution in [0.15, 0.2) is 30.3 Å². The SMILES string of the molecule is CC(C)N(C(C)C)C(C)C(C(=O)N(C)C)c1ccccc1. The minimum atomic E-state index is -0.133. The van der Waals surface area contributed by atoms with E-state index in [0.717, 1.165) is 5.56 Å². The lowest BCUT2D eigenvalue weighted by atomic mass is 9.88. The highest BCUT2D eigenvalue weighted by molar-refractivity contribution is 5.84. The van der Waals surface area contributed by atoms with E-state index in [9.17, 15) is 4.79 Å². The van der Waals surface area contributed by atoms with Gasteiger partial charge in [-0.2, -0.15) is 0 Å². The summed E-state index contributed by atoms with van der Waals surface area (Å²) in [5.74, 6) is 0.0333. The molecule has 0 fully saturated rings. The zero-order valence-electron chi connectivity index (χ0n) is 14.5. The third kappa shape index (κ3) is 4.31. The predicted octanol–water partition coefficient (Wildman–Crippen LogP) is 3.37. The molecule has 1 amide bonds. The van der Waals surface area contributed by atoms with Crippen LogP contribution in [0.3, 0.4) is 0 Å². The number of rotatable bonds is 6. The summed E-state index contributed by atoms with van der Waals surface area (Å²) < 4.78 is 0. The maximum atomic E-state index is 12.7. The fourth-order valence-corrected chi connectivity index (χ4v) is 3.27. The van der Waals surface area contributed by atoms with E-state index in [-0.39, 0.29) is 17.9 Å². The van der Waals surface area contributed by atoms with Gasteiger partial charge >= 0.3 is 0 Å². The standard InChI is InChI=1S/C18H30N2O/c1-13(2)20(14(3)4)15(5)17(18(21)19(6)7)16-11-9-8-10-12-16/h8-15,17H,1-7H3. The largest absolute Gasteiger partial charge is 0.348 e. The van der Waals surface area contributed by atoms with Crippen LogP contribution in [0.2, 0.25) is 0 Å². The number of hydrogen-bond donors (Lipinski definition) is 0. The Morgan fingerprint density at radius 3 is 1.76 bits per heavy atom. The topological polar surface area (TPSA) is 23.6 Å². The summed E-state index contributed by atoms with van der Waals surface area (Å²) in [6, 6.07) is 11.1. The van der Waals surface area contributed by atoms with Crippen molar-refractivity contribution in [1.82, 2.24) is 9.80 Å². The van der Waals surface area contributed by atoms with Crippen molar-refractivity contribution in [2.45, 2.75) is 58.7 Å². The van der Waals surface area contributed by atoms with E-state index in [4.69, 9.17) is 0 Å². The summed E-state index contributed by atoms with van der Waals surface area (Å²) in [6.45, 7) is 10.9. The summed E-state index contributed by atoms with van der Waals surface area (Å²) in [5, 5.41) is 0. The molecule has 21 heavy (non-hydrogen) atoms. The van der Waals surface area contributed by atoms with Crippen LogP contribution in [-0.2, 0) is 4.79 Å². The summed E-state index contributed by atoms with van der Waals surface area (Å²) in [5.41, 5.74) is 1.09. The molecule has 3 heteroatoms. The number of likely N-dealkylation sites (N-methyl/N-ethyl adjacent to an activating group) is 1. The zero-order valence-corrected chi connectivity index (χ0v) is 14.5. The molecular formula is C18H30N2O. The molecule has 0 bridgehead atoms. The first kappa shape index (κ1) is 17.7. The third-order valence-corrected chi connectivity index (χ3v) is 4.01. The molecular weight excluding hydrogens is 260 g/mol. The number of hydrogen-bond acceptors (Lipinski definition) is 2.